The highest BCUT2D eigenvalue weighted by molar-refractivity contribution is 6.00. The summed E-state index contributed by atoms with van der Waals surface area (Å²) < 4.78 is 0. The van der Waals surface area contributed by atoms with E-state index in [9.17, 15) is 9.59 Å². The van der Waals surface area contributed by atoms with Crippen LogP contribution in [0, 0.1) is 5.92 Å². The summed E-state index contributed by atoms with van der Waals surface area (Å²) in [6, 6.07) is 18.1. The zero-order valence-electron chi connectivity index (χ0n) is 19.6. The van der Waals surface area contributed by atoms with Crippen LogP contribution in [0.3, 0.4) is 0 Å². The minimum atomic E-state index is -0.381. The van der Waals surface area contributed by atoms with E-state index in [1.807, 2.05) is 30.3 Å². The number of carbonyl (C=O) groups excluding carboxylic acids is 2. The number of benzene rings is 2. The number of carbonyl (C=O) groups is 2. The van der Waals surface area contributed by atoms with Gasteiger partial charge >= 0.3 is 6.03 Å². The van der Waals surface area contributed by atoms with Crippen molar-refractivity contribution in [2.45, 2.75) is 45.2 Å². The van der Waals surface area contributed by atoms with E-state index in [4.69, 9.17) is 0 Å². The molecule has 2 aromatic carbocycles. The van der Waals surface area contributed by atoms with Crippen LogP contribution in [0.2, 0.25) is 0 Å². The van der Waals surface area contributed by atoms with Gasteiger partial charge in [-0.1, -0.05) is 56.3 Å². The number of imide groups is 1. The third-order valence-electron chi connectivity index (χ3n) is 7.23. The predicted molar refractivity (Wildman–Crippen MR) is 129 cm³/mol. The van der Waals surface area contributed by atoms with Crippen LogP contribution in [0.1, 0.15) is 25.0 Å². The summed E-state index contributed by atoms with van der Waals surface area (Å²) in [6.07, 6.45) is 1.23. The van der Waals surface area contributed by atoms with E-state index in [1.54, 1.807) is 11.9 Å². The molecule has 3 fully saturated rings. The van der Waals surface area contributed by atoms with Crippen LogP contribution in [0.5, 0.6) is 0 Å². The van der Waals surface area contributed by atoms with E-state index in [0.29, 0.717) is 18.9 Å². The van der Waals surface area contributed by atoms with Crippen molar-refractivity contribution < 1.29 is 9.59 Å². The third-order valence-corrected chi connectivity index (χ3v) is 7.23. The second kappa shape index (κ2) is 8.80. The summed E-state index contributed by atoms with van der Waals surface area (Å²) >= 11 is 0. The highest BCUT2D eigenvalue weighted by Gasteiger charge is 2.56. The maximum atomic E-state index is 13.7. The van der Waals surface area contributed by atoms with Gasteiger partial charge in [0.15, 0.2) is 0 Å². The van der Waals surface area contributed by atoms with Crippen LogP contribution in [-0.2, 0) is 17.6 Å². The fraction of sp³-hybridized carbons (Fsp3) is 0.462. The first-order valence-electron chi connectivity index (χ1n) is 12.0. The smallest absolute Gasteiger partial charge is 0.327 e. The first-order chi connectivity index (χ1) is 16.0. The standard InChI is InChI=1S/C26H33N5O2/c1-4-19-10-12-21(13-11-19)30-16-18(2)17-31-22-23(27-25(30)31)28(3)26(33)29(24(22)32)15-14-20-8-6-5-7-9-20/h5-13,18,22-23,25,27H,4,14-17H2,1-3H3. The van der Waals surface area contributed by atoms with Gasteiger partial charge in [0.25, 0.3) is 5.91 Å². The van der Waals surface area contributed by atoms with Gasteiger partial charge in [-0.25, -0.2) is 4.79 Å². The van der Waals surface area contributed by atoms with Gasteiger partial charge in [0.2, 0.25) is 0 Å². The number of aryl methyl sites for hydroxylation is 1. The van der Waals surface area contributed by atoms with Gasteiger partial charge in [-0.05, 0) is 42.0 Å². The lowest BCUT2D eigenvalue weighted by Crippen LogP contribution is -2.66. The van der Waals surface area contributed by atoms with E-state index in [1.165, 1.54) is 10.5 Å². The number of urea groups is 1. The lowest BCUT2D eigenvalue weighted by Gasteiger charge is -2.46. The fourth-order valence-electron chi connectivity index (χ4n) is 5.43. The lowest BCUT2D eigenvalue weighted by atomic mass is 10.0. The summed E-state index contributed by atoms with van der Waals surface area (Å²) in [4.78, 5) is 34.5. The van der Waals surface area contributed by atoms with Crippen LogP contribution in [0.25, 0.3) is 0 Å². The molecule has 5 rings (SSSR count). The largest absolute Gasteiger partial charge is 0.343 e. The van der Waals surface area contributed by atoms with E-state index < -0.39 is 0 Å². The number of amides is 3. The molecule has 0 saturated carbocycles. The Morgan fingerprint density at radius 3 is 2.39 bits per heavy atom. The molecular formula is C26H33N5O2. The summed E-state index contributed by atoms with van der Waals surface area (Å²) in [5.41, 5.74) is 3.57. The summed E-state index contributed by atoms with van der Waals surface area (Å²) in [5.74, 6) is 0.311. The van der Waals surface area contributed by atoms with E-state index in [-0.39, 0.29) is 30.4 Å². The maximum Gasteiger partial charge on any atom is 0.327 e. The number of rotatable bonds is 5. The minimum absolute atomic E-state index is 0.0931. The molecule has 3 aliphatic heterocycles. The van der Waals surface area contributed by atoms with Crippen molar-refractivity contribution in [2.24, 2.45) is 5.92 Å². The topological polar surface area (TPSA) is 59.1 Å². The van der Waals surface area contributed by atoms with Crippen molar-refractivity contribution in [1.82, 2.24) is 20.0 Å². The Bertz CT molecular complexity index is 1010. The Hall–Kier alpha value is -2.90. The SMILES string of the molecule is CCc1ccc(N2CC(C)CN3C4C(=O)N(CCc5ccccc5)C(=O)N(C)C4NC23)cc1. The first-order valence-corrected chi connectivity index (χ1v) is 12.0. The van der Waals surface area contributed by atoms with E-state index in [0.717, 1.165) is 30.8 Å². The number of hydrogen-bond acceptors (Lipinski definition) is 5. The van der Waals surface area contributed by atoms with Gasteiger partial charge in [0.1, 0.15) is 18.5 Å². The number of anilines is 1. The van der Waals surface area contributed by atoms with Crippen LogP contribution in [0.15, 0.2) is 54.6 Å². The number of hydrogen-bond donors (Lipinski definition) is 1. The van der Waals surface area contributed by atoms with Gasteiger partial charge in [-0.3, -0.25) is 19.9 Å². The highest BCUT2D eigenvalue weighted by atomic mass is 16.2. The molecule has 174 valence electrons. The number of likely N-dealkylation sites (N-methyl/N-ethyl adjacent to an activating group) is 1. The second-order valence-electron chi connectivity index (χ2n) is 9.52. The highest BCUT2D eigenvalue weighted by Crippen LogP contribution is 2.34. The first kappa shape index (κ1) is 21.9. The Balaban J connectivity index is 1.40. The van der Waals surface area contributed by atoms with Gasteiger partial charge in [-0.15, -0.1) is 0 Å². The molecular weight excluding hydrogens is 414 g/mol. The van der Waals surface area contributed by atoms with E-state index in [2.05, 4.69) is 53.2 Å². The van der Waals surface area contributed by atoms with Crippen LogP contribution >= 0.6 is 0 Å². The van der Waals surface area contributed by atoms with Crippen molar-refractivity contribution in [3.63, 3.8) is 0 Å². The van der Waals surface area contributed by atoms with Crippen molar-refractivity contribution in [3.05, 3.63) is 65.7 Å². The normalized spacial score (nSPS) is 27.7. The fourth-order valence-corrected chi connectivity index (χ4v) is 5.43. The Kier molecular flexibility index (Phi) is 5.85. The summed E-state index contributed by atoms with van der Waals surface area (Å²) in [6.45, 7) is 6.51. The molecule has 7 nitrogen and oxygen atoms in total. The zero-order valence-corrected chi connectivity index (χ0v) is 19.6. The van der Waals surface area contributed by atoms with Gasteiger partial charge in [-0.2, -0.15) is 0 Å². The van der Waals surface area contributed by atoms with Crippen LogP contribution in [-0.4, -0.2) is 71.8 Å². The van der Waals surface area contributed by atoms with Crippen molar-refractivity contribution in [1.29, 1.82) is 0 Å². The number of nitrogens with one attached hydrogen (secondary N) is 1. The summed E-state index contributed by atoms with van der Waals surface area (Å²) in [7, 11) is 1.80. The van der Waals surface area contributed by atoms with E-state index >= 15 is 0 Å². The van der Waals surface area contributed by atoms with Crippen LogP contribution < -0.4 is 10.2 Å². The molecule has 4 atom stereocenters. The molecule has 2 aromatic rings. The molecule has 33 heavy (non-hydrogen) atoms. The minimum Gasteiger partial charge on any atom is -0.343 e. The predicted octanol–water partition coefficient (Wildman–Crippen LogP) is 2.73. The molecule has 3 amide bonds. The molecule has 0 radical (unpaired) electrons. The van der Waals surface area contributed by atoms with Crippen molar-refractivity contribution in [2.75, 3.05) is 31.6 Å². The van der Waals surface area contributed by atoms with Crippen molar-refractivity contribution >= 4 is 17.6 Å². The molecule has 3 aliphatic rings. The average Bonchev–Trinajstić information content (AvgIpc) is 3.22. The Labute approximate surface area is 195 Å². The maximum absolute atomic E-state index is 13.7. The van der Waals surface area contributed by atoms with Gasteiger partial charge < -0.3 is 9.80 Å². The zero-order chi connectivity index (χ0) is 23.1. The molecule has 1 N–H and O–H groups in total. The van der Waals surface area contributed by atoms with Crippen molar-refractivity contribution in [3.8, 4) is 0 Å². The number of fused-ring (bicyclic) bond motifs is 3. The lowest BCUT2D eigenvalue weighted by molar-refractivity contribution is -0.138. The Morgan fingerprint density at radius 2 is 1.70 bits per heavy atom. The quantitative estimate of drug-likeness (QED) is 0.764. The van der Waals surface area contributed by atoms with Gasteiger partial charge in [0.05, 0.1) is 0 Å². The number of nitrogens with zero attached hydrogens (tertiary/aromatic N) is 4. The molecule has 0 aliphatic carbocycles. The monoisotopic (exact) mass is 447 g/mol. The molecule has 0 spiro atoms. The molecule has 7 heteroatoms. The average molecular weight is 448 g/mol. The second-order valence-corrected chi connectivity index (χ2v) is 9.52. The third kappa shape index (κ3) is 3.89. The molecule has 3 heterocycles. The Morgan fingerprint density at radius 1 is 0.970 bits per heavy atom. The molecule has 3 saturated heterocycles. The molecule has 0 aromatic heterocycles. The molecule has 4 unspecified atom stereocenters. The van der Waals surface area contributed by atoms with Crippen LogP contribution in [0.4, 0.5) is 10.5 Å². The summed E-state index contributed by atoms with van der Waals surface area (Å²) in [5, 5.41) is 3.61. The molecule has 0 bridgehead atoms. The van der Waals surface area contributed by atoms with Gasteiger partial charge in [0, 0.05) is 32.4 Å².